The van der Waals surface area contributed by atoms with Crippen molar-refractivity contribution in [2.24, 2.45) is 0 Å². The Morgan fingerprint density at radius 2 is 2.38 bits per heavy atom. The van der Waals surface area contributed by atoms with Crippen molar-refractivity contribution in [2.45, 2.75) is 6.04 Å². The molecule has 13 heavy (non-hydrogen) atoms. The van der Waals surface area contributed by atoms with Gasteiger partial charge in [-0.05, 0) is 11.4 Å². The topological polar surface area (TPSA) is 41.1 Å². The molecule has 1 aliphatic rings. The van der Waals surface area contributed by atoms with Crippen LogP contribution in [0.15, 0.2) is 17.5 Å². The molecule has 2 heterocycles. The summed E-state index contributed by atoms with van der Waals surface area (Å²) in [6.45, 7) is 1.80. The van der Waals surface area contributed by atoms with E-state index in [1.54, 1.807) is 0 Å². The summed E-state index contributed by atoms with van der Waals surface area (Å²) in [7, 11) is 0. The molecule has 2 rings (SSSR count). The number of carbonyl (C=O) groups excluding carboxylic acids is 1. The Hall–Kier alpha value is -0.580. The number of carbonyl (C=O) groups is 1. The van der Waals surface area contributed by atoms with Crippen LogP contribution in [0, 0.1) is 0 Å². The molecule has 0 spiro atoms. The fourth-order valence-electron chi connectivity index (χ4n) is 1.06. The summed E-state index contributed by atoms with van der Waals surface area (Å²) < 4.78 is 0. The molecule has 0 radical (unpaired) electrons. The molecule has 1 amide bonds. The first-order valence-electron chi connectivity index (χ1n) is 3.91. The van der Waals surface area contributed by atoms with Gasteiger partial charge in [0, 0.05) is 13.1 Å². The standard InChI is InChI=1S/C8H10N2OS.ClH/c11-8(7-2-1-3-12-7)10-6-4-9-5-6;/h1-3,6,9H,4-5H2,(H,10,11);1H. The normalized spacial score (nSPS) is 15.7. The molecule has 3 nitrogen and oxygen atoms in total. The van der Waals surface area contributed by atoms with E-state index in [1.165, 1.54) is 11.3 Å². The van der Waals surface area contributed by atoms with Crippen molar-refractivity contribution < 1.29 is 4.79 Å². The quantitative estimate of drug-likeness (QED) is 0.774. The highest BCUT2D eigenvalue weighted by molar-refractivity contribution is 7.12. The number of amides is 1. The first-order valence-corrected chi connectivity index (χ1v) is 4.79. The van der Waals surface area contributed by atoms with Crippen LogP contribution in [0.2, 0.25) is 0 Å². The molecule has 72 valence electrons. The van der Waals surface area contributed by atoms with Crippen molar-refractivity contribution in [3.8, 4) is 0 Å². The highest BCUT2D eigenvalue weighted by Crippen LogP contribution is 2.08. The first kappa shape index (κ1) is 10.5. The molecule has 1 saturated heterocycles. The molecule has 0 unspecified atom stereocenters. The fraction of sp³-hybridized carbons (Fsp3) is 0.375. The van der Waals surface area contributed by atoms with E-state index in [0.29, 0.717) is 6.04 Å². The zero-order valence-corrected chi connectivity index (χ0v) is 8.58. The minimum Gasteiger partial charge on any atom is -0.346 e. The molecule has 1 aromatic rings. The van der Waals surface area contributed by atoms with Gasteiger partial charge in [0.15, 0.2) is 0 Å². The fourth-order valence-corrected chi connectivity index (χ4v) is 1.68. The third-order valence-electron chi connectivity index (χ3n) is 1.86. The van der Waals surface area contributed by atoms with E-state index in [9.17, 15) is 4.79 Å². The van der Waals surface area contributed by atoms with Crippen molar-refractivity contribution in [3.05, 3.63) is 22.4 Å². The van der Waals surface area contributed by atoms with Gasteiger partial charge in [0.2, 0.25) is 0 Å². The van der Waals surface area contributed by atoms with Gasteiger partial charge in [-0.1, -0.05) is 6.07 Å². The summed E-state index contributed by atoms with van der Waals surface area (Å²) in [6.07, 6.45) is 0. The van der Waals surface area contributed by atoms with Crippen LogP contribution in [0.25, 0.3) is 0 Å². The molecule has 0 aliphatic carbocycles. The molecular weight excluding hydrogens is 208 g/mol. The van der Waals surface area contributed by atoms with Crippen LogP contribution in [0.1, 0.15) is 9.67 Å². The summed E-state index contributed by atoms with van der Waals surface area (Å²) in [5, 5.41) is 7.94. The maximum absolute atomic E-state index is 11.4. The van der Waals surface area contributed by atoms with E-state index < -0.39 is 0 Å². The molecule has 0 saturated carbocycles. The second-order valence-electron chi connectivity index (χ2n) is 2.81. The molecule has 1 aliphatic heterocycles. The van der Waals surface area contributed by atoms with Crippen LogP contribution in [-0.4, -0.2) is 25.0 Å². The Bertz CT molecular complexity index is 272. The molecule has 0 bridgehead atoms. The van der Waals surface area contributed by atoms with Gasteiger partial charge in [0.05, 0.1) is 10.9 Å². The second-order valence-corrected chi connectivity index (χ2v) is 3.75. The summed E-state index contributed by atoms with van der Waals surface area (Å²) in [6, 6.07) is 4.06. The Morgan fingerprint density at radius 3 is 2.85 bits per heavy atom. The minimum absolute atomic E-state index is 0. The third kappa shape index (κ3) is 2.43. The zero-order valence-electron chi connectivity index (χ0n) is 6.95. The lowest BCUT2D eigenvalue weighted by Crippen LogP contribution is -2.56. The maximum Gasteiger partial charge on any atom is 0.261 e. The monoisotopic (exact) mass is 218 g/mol. The Morgan fingerprint density at radius 1 is 1.62 bits per heavy atom. The second kappa shape index (κ2) is 4.60. The van der Waals surface area contributed by atoms with Crippen molar-refractivity contribution in [1.29, 1.82) is 0 Å². The van der Waals surface area contributed by atoms with Crippen LogP contribution in [0.4, 0.5) is 0 Å². The maximum atomic E-state index is 11.4. The molecule has 2 N–H and O–H groups in total. The molecule has 1 fully saturated rings. The van der Waals surface area contributed by atoms with E-state index in [-0.39, 0.29) is 18.3 Å². The van der Waals surface area contributed by atoms with Crippen molar-refractivity contribution in [1.82, 2.24) is 10.6 Å². The summed E-state index contributed by atoms with van der Waals surface area (Å²) in [5.74, 6) is 0.0523. The van der Waals surface area contributed by atoms with Gasteiger partial charge >= 0.3 is 0 Å². The lowest BCUT2D eigenvalue weighted by atomic mass is 10.2. The average Bonchev–Trinajstić information content (AvgIpc) is 2.47. The smallest absolute Gasteiger partial charge is 0.261 e. The molecular formula is C8H11ClN2OS. The molecule has 0 atom stereocenters. The van der Waals surface area contributed by atoms with Gasteiger partial charge in [-0.2, -0.15) is 0 Å². The number of nitrogens with one attached hydrogen (secondary N) is 2. The van der Waals surface area contributed by atoms with Crippen LogP contribution >= 0.6 is 23.7 Å². The predicted octanol–water partition coefficient (Wildman–Crippen LogP) is 0.871. The summed E-state index contributed by atoms with van der Waals surface area (Å²) >= 11 is 1.48. The summed E-state index contributed by atoms with van der Waals surface area (Å²) in [4.78, 5) is 12.2. The van der Waals surface area contributed by atoms with Gasteiger partial charge in [-0.15, -0.1) is 23.7 Å². The van der Waals surface area contributed by atoms with Gasteiger partial charge in [-0.25, -0.2) is 0 Å². The van der Waals surface area contributed by atoms with E-state index >= 15 is 0 Å². The van der Waals surface area contributed by atoms with Crippen molar-refractivity contribution in [2.75, 3.05) is 13.1 Å². The van der Waals surface area contributed by atoms with Crippen molar-refractivity contribution in [3.63, 3.8) is 0 Å². The highest BCUT2D eigenvalue weighted by Gasteiger charge is 2.19. The third-order valence-corrected chi connectivity index (χ3v) is 2.73. The van der Waals surface area contributed by atoms with Crippen LogP contribution < -0.4 is 10.6 Å². The number of thiophene rings is 1. The number of rotatable bonds is 2. The van der Waals surface area contributed by atoms with E-state index in [1.807, 2.05) is 17.5 Å². The van der Waals surface area contributed by atoms with Crippen LogP contribution in [0.5, 0.6) is 0 Å². The highest BCUT2D eigenvalue weighted by atomic mass is 35.5. The largest absolute Gasteiger partial charge is 0.346 e. The Labute approximate surface area is 86.9 Å². The molecule has 0 aromatic carbocycles. The number of hydrogen-bond donors (Lipinski definition) is 2. The predicted molar refractivity (Wildman–Crippen MR) is 55.7 cm³/mol. The lowest BCUT2D eigenvalue weighted by Gasteiger charge is -2.27. The Balaban J connectivity index is 0.000000845. The molecule has 5 heteroatoms. The van der Waals surface area contributed by atoms with Crippen LogP contribution in [0.3, 0.4) is 0 Å². The Kier molecular flexibility index (Phi) is 3.71. The average molecular weight is 219 g/mol. The van der Waals surface area contributed by atoms with Gasteiger partial charge in [0.25, 0.3) is 5.91 Å². The van der Waals surface area contributed by atoms with E-state index in [0.717, 1.165) is 18.0 Å². The number of halogens is 1. The minimum atomic E-state index is 0. The SMILES string of the molecule is Cl.O=C(NC1CNC1)c1cccs1. The van der Waals surface area contributed by atoms with Gasteiger partial charge < -0.3 is 10.6 Å². The van der Waals surface area contributed by atoms with Gasteiger partial charge in [0.1, 0.15) is 0 Å². The van der Waals surface area contributed by atoms with Crippen LogP contribution in [-0.2, 0) is 0 Å². The zero-order chi connectivity index (χ0) is 8.39. The first-order chi connectivity index (χ1) is 5.86. The van der Waals surface area contributed by atoms with Crippen molar-refractivity contribution >= 4 is 29.7 Å². The molecule has 1 aromatic heterocycles. The van der Waals surface area contributed by atoms with E-state index in [2.05, 4.69) is 10.6 Å². The number of hydrogen-bond acceptors (Lipinski definition) is 3. The van der Waals surface area contributed by atoms with Gasteiger partial charge in [-0.3, -0.25) is 4.79 Å². The summed E-state index contributed by atoms with van der Waals surface area (Å²) in [5.41, 5.74) is 0. The van der Waals surface area contributed by atoms with E-state index in [4.69, 9.17) is 0 Å². The lowest BCUT2D eigenvalue weighted by molar-refractivity contribution is 0.0928.